The predicted molar refractivity (Wildman–Crippen MR) is 53.8 cm³/mol. The summed E-state index contributed by atoms with van der Waals surface area (Å²) in [6.45, 7) is 1.25. The molecular weight excluding hydrogens is 239 g/mol. The fourth-order valence-corrected chi connectivity index (χ4v) is 1.10. The second kappa shape index (κ2) is 4.86. The molecule has 0 N–H and O–H groups in total. The van der Waals surface area contributed by atoms with Gasteiger partial charge in [0.15, 0.2) is 0 Å². The molecule has 1 aromatic carbocycles. The zero-order chi connectivity index (χ0) is 13.1. The first-order valence-corrected chi connectivity index (χ1v) is 4.46. The summed E-state index contributed by atoms with van der Waals surface area (Å²) >= 11 is 0. The van der Waals surface area contributed by atoms with E-state index < -0.39 is 17.0 Å². The highest BCUT2D eigenvalue weighted by atomic mass is 19.4. The highest BCUT2D eigenvalue weighted by molar-refractivity contribution is 5.52. The molecule has 0 spiro atoms. The molecule has 0 aliphatic heterocycles. The van der Waals surface area contributed by atoms with E-state index in [1.165, 1.54) is 19.1 Å². The molecule has 92 valence electrons. The van der Waals surface area contributed by atoms with Gasteiger partial charge in [-0.1, -0.05) is 12.1 Å². The van der Waals surface area contributed by atoms with Crippen LogP contribution in [0.2, 0.25) is 0 Å². The van der Waals surface area contributed by atoms with Crippen molar-refractivity contribution in [3.63, 3.8) is 0 Å². The van der Waals surface area contributed by atoms with E-state index in [0.717, 1.165) is 18.2 Å². The van der Waals surface area contributed by atoms with Crippen molar-refractivity contribution in [2.24, 2.45) is 0 Å². The lowest BCUT2D eigenvalue weighted by Gasteiger charge is -2.08. The van der Waals surface area contributed by atoms with Gasteiger partial charge in [0.2, 0.25) is 5.70 Å². The number of alkyl halides is 3. The van der Waals surface area contributed by atoms with E-state index in [1.54, 1.807) is 0 Å². The molecule has 4 nitrogen and oxygen atoms in total. The second-order valence-corrected chi connectivity index (χ2v) is 3.16. The first-order valence-electron chi connectivity index (χ1n) is 4.46. The lowest BCUT2D eigenvalue weighted by atomic mass is 10.2. The van der Waals surface area contributed by atoms with Crippen LogP contribution in [-0.2, 0) is 0 Å². The summed E-state index contributed by atoms with van der Waals surface area (Å²) in [7, 11) is 0. The molecule has 0 aromatic heterocycles. The van der Waals surface area contributed by atoms with E-state index in [-0.39, 0.29) is 11.3 Å². The van der Waals surface area contributed by atoms with Gasteiger partial charge in [-0.05, 0) is 17.7 Å². The van der Waals surface area contributed by atoms with Crippen LogP contribution in [0.3, 0.4) is 0 Å². The highest BCUT2D eigenvalue weighted by Crippen LogP contribution is 2.24. The summed E-state index contributed by atoms with van der Waals surface area (Å²) in [5.74, 6) is -0.414. The smallest absolute Gasteiger partial charge is 0.406 e. The maximum absolute atomic E-state index is 11.9. The predicted octanol–water partition coefficient (Wildman–Crippen LogP) is 3.22. The monoisotopic (exact) mass is 247 g/mol. The van der Waals surface area contributed by atoms with Gasteiger partial charge in [-0.2, -0.15) is 0 Å². The van der Waals surface area contributed by atoms with Crippen molar-refractivity contribution in [3.05, 3.63) is 45.6 Å². The average Bonchev–Trinajstić information content (AvgIpc) is 2.15. The third-order valence-electron chi connectivity index (χ3n) is 1.76. The molecule has 0 aliphatic carbocycles. The quantitative estimate of drug-likeness (QED) is 0.608. The lowest BCUT2D eigenvalue weighted by molar-refractivity contribution is -0.422. The fourth-order valence-electron chi connectivity index (χ4n) is 1.10. The Kier molecular flexibility index (Phi) is 3.72. The SMILES string of the molecule is CC(=Cc1cccc(OC(F)(F)F)c1)[N+](=O)[O-]. The maximum atomic E-state index is 11.9. The molecule has 0 bridgehead atoms. The number of halogens is 3. The molecular formula is C10H8F3NO3. The molecule has 7 heteroatoms. The zero-order valence-electron chi connectivity index (χ0n) is 8.69. The molecule has 0 fully saturated rings. The van der Waals surface area contributed by atoms with Crippen LogP contribution < -0.4 is 4.74 Å². The Balaban J connectivity index is 2.94. The van der Waals surface area contributed by atoms with Crippen molar-refractivity contribution in [1.82, 2.24) is 0 Å². The van der Waals surface area contributed by atoms with E-state index in [0.29, 0.717) is 0 Å². The largest absolute Gasteiger partial charge is 0.573 e. The van der Waals surface area contributed by atoms with E-state index in [2.05, 4.69) is 4.74 Å². The minimum Gasteiger partial charge on any atom is -0.406 e. The van der Waals surface area contributed by atoms with Crippen LogP contribution in [-0.4, -0.2) is 11.3 Å². The molecule has 0 saturated carbocycles. The minimum absolute atomic E-state index is 0.172. The zero-order valence-corrected chi connectivity index (χ0v) is 8.69. The number of nitrogens with zero attached hydrogens (tertiary/aromatic N) is 1. The van der Waals surface area contributed by atoms with Gasteiger partial charge in [-0.25, -0.2) is 0 Å². The number of nitro groups is 1. The average molecular weight is 247 g/mol. The molecule has 0 saturated heterocycles. The van der Waals surface area contributed by atoms with Crippen LogP contribution in [0.1, 0.15) is 12.5 Å². The molecule has 0 heterocycles. The van der Waals surface area contributed by atoms with Gasteiger partial charge in [-0.3, -0.25) is 10.1 Å². The minimum atomic E-state index is -4.78. The fraction of sp³-hybridized carbons (Fsp3) is 0.200. The maximum Gasteiger partial charge on any atom is 0.573 e. The van der Waals surface area contributed by atoms with Gasteiger partial charge >= 0.3 is 6.36 Å². The van der Waals surface area contributed by atoms with Crippen molar-refractivity contribution >= 4 is 6.08 Å². The Labute approximate surface area is 94.5 Å². The van der Waals surface area contributed by atoms with Gasteiger partial charge in [0.1, 0.15) is 5.75 Å². The molecule has 0 aliphatic rings. The summed E-state index contributed by atoms with van der Waals surface area (Å²) in [4.78, 5) is 9.72. The molecule has 1 aromatic rings. The summed E-state index contributed by atoms with van der Waals surface area (Å²) < 4.78 is 39.4. The van der Waals surface area contributed by atoms with Crippen molar-refractivity contribution in [1.29, 1.82) is 0 Å². The summed E-state index contributed by atoms with van der Waals surface area (Å²) in [5.41, 5.74) is 0.0927. The van der Waals surface area contributed by atoms with Crippen molar-refractivity contribution < 1.29 is 22.8 Å². The lowest BCUT2D eigenvalue weighted by Crippen LogP contribution is -2.17. The molecule has 0 unspecified atom stereocenters. The van der Waals surface area contributed by atoms with Gasteiger partial charge < -0.3 is 4.74 Å². The van der Waals surface area contributed by atoms with Gasteiger partial charge in [0.05, 0.1) is 4.92 Å². The Morgan fingerprint density at radius 1 is 1.47 bits per heavy atom. The van der Waals surface area contributed by atoms with E-state index in [4.69, 9.17) is 0 Å². The Morgan fingerprint density at radius 3 is 2.65 bits per heavy atom. The van der Waals surface area contributed by atoms with Gasteiger partial charge in [-0.15, -0.1) is 13.2 Å². The first kappa shape index (κ1) is 13.0. The van der Waals surface area contributed by atoms with E-state index >= 15 is 0 Å². The molecule has 0 radical (unpaired) electrons. The van der Waals surface area contributed by atoms with Crippen molar-refractivity contribution in [2.75, 3.05) is 0 Å². The van der Waals surface area contributed by atoms with Crippen LogP contribution in [0.15, 0.2) is 30.0 Å². The topological polar surface area (TPSA) is 52.4 Å². The molecule has 0 atom stereocenters. The third kappa shape index (κ3) is 4.54. The van der Waals surface area contributed by atoms with Crippen LogP contribution in [0.25, 0.3) is 6.08 Å². The van der Waals surface area contributed by atoms with E-state index in [1.807, 2.05) is 0 Å². The number of benzene rings is 1. The molecule has 1 rings (SSSR count). The van der Waals surface area contributed by atoms with Crippen molar-refractivity contribution in [2.45, 2.75) is 13.3 Å². The second-order valence-electron chi connectivity index (χ2n) is 3.16. The molecule has 17 heavy (non-hydrogen) atoms. The van der Waals surface area contributed by atoms with Crippen molar-refractivity contribution in [3.8, 4) is 5.75 Å². The molecule has 0 amide bonds. The third-order valence-corrected chi connectivity index (χ3v) is 1.76. The van der Waals surface area contributed by atoms with Gasteiger partial charge in [0.25, 0.3) is 0 Å². The van der Waals surface area contributed by atoms with Gasteiger partial charge in [0, 0.05) is 13.0 Å². The van der Waals surface area contributed by atoms with Crippen LogP contribution in [0, 0.1) is 10.1 Å². The number of rotatable bonds is 3. The Bertz CT molecular complexity index is 454. The Hall–Kier alpha value is -2.05. The number of ether oxygens (including phenoxy) is 1. The number of hydrogen-bond donors (Lipinski definition) is 0. The van der Waals surface area contributed by atoms with Crippen LogP contribution in [0.5, 0.6) is 5.75 Å². The summed E-state index contributed by atoms with van der Waals surface area (Å²) in [6, 6.07) is 4.95. The summed E-state index contributed by atoms with van der Waals surface area (Å²) in [5, 5.41) is 10.3. The standard InChI is InChI=1S/C10H8F3NO3/c1-7(14(15)16)5-8-3-2-4-9(6-8)17-10(11,12)13/h2-6H,1H3. The number of allylic oxidation sites excluding steroid dienone is 1. The van der Waals surface area contributed by atoms with Crippen LogP contribution in [0.4, 0.5) is 13.2 Å². The van der Waals surface area contributed by atoms with E-state index in [9.17, 15) is 23.3 Å². The summed E-state index contributed by atoms with van der Waals surface area (Å²) in [6.07, 6.45) is -3.62. The Morgan fingerprint density at radius 2 is 2.12 bits per heavy atom. The first-order chi connectivity index (χ1) is 7.78. The normalized spacial score (nSPS) is 12.4. The van der Waals surface area contributed by atoms with Crippen LogP contribution >= 0.6 is 0 Å². The number of hydrogen-bond acceptors (Lipinski definition) is 3. The highest BCUT2D eigenvalue weighted by Gasteiger charge is 2.31.